The second-order valence-electron chi connectivity index (χ2n) is 5.55. The van der Waals surface area contributed by atoms with Gasteiger partial charge in [0.1, 0.15) is 11.5 Å². The van der Waals surface area contributed by atoms with Crippen molar-refractivity contribution in [2.24, 2.45) is 0 Å². The predicted octanol–water partition coefficient (Wildman–Crippen LogP) is 2.97. The molecule has 26 heavy (non-hydrogen) atoms. The Kier molecular flexibility index (Phi) is 7.14. The van der Waals surface area contributed by atoms with E-state index in [9.17, 15) is 4.79 Å². The fourth-order valence-corrected chi connectivity index (χ4v) is 2.53. The van der Waals surface area contributed by atoms with Gasteiger partial charge in [0.05, 0.1) is 34.4 Å². The molecule has 0 heterocycles. The first-order chi connectivity index (χ1) is 12.6. The van der Waals surface area contributed by atoms with Crippen molar-refractivity contribution in [3.8, 4) is 23.0 Å². The van der Waals surface area contributed by atoms with Crippen LogP contribution in [-0.4, -0.2) is 33.8 Å². The summed E-state index contributed by atoms with van der Waals surface area (Å²) in [5.74, 6) is 2.56. The standard InChI is InChI=1S/C20H25NO5/c1-5-26-17-9-6-14(10-19(17)25-4)13-21-20(22)11-15-7-8-16(23-2)12-18(15)24-3/h6-10,12H,5,11,13H2,1-4H3,(H,21,22). The molecule has 0 unspecified atom stereocenters. The lowest BCUT2D eigenvalue weighted by molar-refractivity contribution is -0.120. The van der Waals surface area contributed by atoms with Gasteiger partial charge in [-0.1, -0.05) is 12.1 Å². The molecule has 6 heteroatoms. The minimum Gasteiger partial charge on any atom is -0.497 e. The fourth-order valence-electron chi connectivity index (χ4n) is 2.53. The summed E-state index contributed by atoms with van der Waals surface area (Å²) >= 11 is 0. The highest BCUT2D eigenvalue weighted by molar-refractivity contribution is 5.79. The molecule has 6 nitrogen and oxygen atoms in total. The Bertz CT molecular complexity index is 745. The Morgan fingerprint density at radius 3 is 2.35 bits per heavy atom. The van der Waals surface area contributed by atoms with E-state index in [0.29, 0.717) is 36.1 Å². The molecule has 1 amide bonds. The van der Waals surface area contributed by atoms with Crippen LogP contribution >= 0.6 is 0 Å². The summed E-state index contributed by atoms with van der Waals surface area (Å²) in [5, 5.41) is 2.91. The monoisotopic (exact) mass is 359 g/mol. The number of benzene rings is 2. The molecule has 2 rings (SSSR count). The van der Waals surface area contributed by atoms with Gasteiger partial charge < -0.3 is 24.3 Å². The van der Waals surface area contributed by atoms with Crippen molar-refractivity contribution in [2.45, 2.75) is 19.9 Å². The molecular weight excluding hydrogens is 334 g/mol. The third-order valence-corrected chi connectivity index (χ3v) is 3.86. The molecule has 1 N–H and O–H groups in total. The van der Waals surface area contributed by atoms with E-state index < -0.39 is 0 Å². The van der Waals surface area contributed by atoms with Crippen molar-refractivity contribution >= 4 is 5.91 Å². The molecule has 0 radical (unpaired) electrons. The van der Waals surface area contributed by atoms with Crippen molar-refractivity contribution in [1.82, 2.24) is 5.32 Å². The SMILES string of the molecule is CCOc1ccc(CNC(=O)Cc2ccc(OC)cc2OC)cc1OC. The average molecular weight is 359 g/mol. The molecule has 0 aliphatic rings. The van der Waals surface area contributed by atoms with Gasteiger partial charge in [0, 0.05) is 18.2 Å². The second-order valence-corrected chi connectivity index (χ2v) is 5.55. The van der Waals surface area contributed by atoms with E-state index in [2.05, 4.69) is 5.32 Å². The topological polar surface area (TPSA) is 66.0 Å². The van der Waals surface area contributed by atoms with Crippen LogP contribution in [0.15, 0.2) is 36.4 Å². The van der Waals surface area contributed by atoms with Crippen molar-refractivity contribution in [3.05, 3.63) is 47.5 Å². The number of carbonyl (C=O) groups excluding carboxylic acids is 1. The molecule has 0 spiro atoms. The lowest BCUT2D eigenvalue weighted by atomic mass is 10.1. The van der Waals surface area contributed by atoms with Crippen LogP contribution in [-0.2, 0) is 17.8 Å². The van der Waals surface area contributed by atoms with Crippen molar-refractivity contribution in [2.75, 3.05) is 27.9 Å². The zero-order valence-electron chi connectivity index (χ0n) is 15.6. The molecule has 0 aliphatic heterocycles. The Hall–Kier alpha value is -2.89. The van der Waals surface area contributed by atoms with E-state index in [0.717, 1.165) is 11.1 Å². The Balaban J connectivity index is 1.99. The van der Waals surface area contributed by atoms with Crippen molar-refractivity contribution < 1.29 is 23.7 Å². The summed E-state index contributed by atoms with van der Waals surface area (Å²) in [6.45, 7) is 2.89. The summed E-state index contributed by atoms with van der Waals surface area (Å²) < 4.78 is 21.3. The third-order valence-electron chi connectivity index (χ3n) is 3.86. The van der Waals surface area contributed by atoms with Crippen LogP contribution in [0.3, 0.4) is 0 Å². The lowest BCUT2D eigenvalue weighted by Crippen LogP contribution is -2.24. The van der Waals surface area contributed by atoms with Crippen LogP contribution in [0.4, 0.5) is 0 Å². The average Bonchev–Trinajstić information content (AvgIpc) is 2.67. The van der Waals surface area contributed by atoms with Gasteiger partial charge in [-0.3, -0.25) is 4.79 Å². The van der Waals surface area contributed by atoms with Gasteiger partial charge in [0.25, 0.3) is 0 Å². The van der Waals surface area contributed by atoms with Crippen LogP contribution < -0.4 is 24.3 Å². The first kappa shape index (κ1) is 19.4. The second kappa shape index (κ2) is 9.56. The van der Waals surface area contributed by atoms with E-state index in [-0.39, 0.29) is 12.3 Å². The minimum absolute atomic E-state index is 0.0960. The van der Waals surface area contributed by atoms with Crippen LogP contribution in [0.2, 0.25) is 0 Å². The first-order valence-electron chi connectivity index (χ1n) is 8.38. The van der Waals surface area contributed by atoms with E-state index in [1.54, 1.807) is 27.4 Å². The van der Waals surface area contributed by atoms with Crippen molar-refractivity contribution in [3.63, 3.8) is 0 Å². The predicted molar refractivity (Wildman–Crippen MR) is 99.3 cm³/mol. The number of hydrogen-bond donors (Lipinski definition) is 1. The minimum atomic E-state index is -0.0960. The Labute approximate surface area is 154 Å². The fraction of sp³-hybridized carbons (Fsp3) is 0.350. The molecule has 0 aromatic heterocycles. The largest absolute Gasteiger partial charge is 0.497 e. The van der Waals surface area contributed by atoms with E-state index in [4.69, 9.17) is 18.9 Å². The number of methoxy groups -OCH3 is 3. The van der Waals surface area contributed by atoms with Gasteiger partial charge in [0.2, 0.25) is 5.91 Å². The summed E-state index contributed by atoms with van der Waals surface area (Å²) in [4.78, 5) is 12.3. The van der Waals surface area contributed by atoms with Crippen LogP contribution in [0, 0.1) is 0 Å². The van der Waals surface area contributed by atoms with E-state index in [1.807, 2.05) is 37.3 Å². The summed E-state index contributed by atoms with van der Waals surface area (Å²) in [5.41, 5.74) is 1.73. The molecule has 0 aliphatic carbocycles. The molecule has 0 saturated carbocycles. The van der Waals surface area contributed by atoms with Crippen LogP contribution in [0.5, 0.6) is 23.0 Å². The highest BCUT2D eigenvalue weighted by Crippen LogP contribution is 2.28. The summed E-state index contributed by atoms with van der Waals surface area (Å²) in [7, 11) is 4.75. The smallest absolute Gasteiger partial charge is 0.224 e. The Morgan fingerprint density at radius 2 is 1.69 bits per heavy atom. The van der Waals surface area contributed by atoms with E-state index in [1.165, 1.54) is 0 Å². The van der Waals surface area contributed by atoms with Gasteiger partial charge in [-0.15, -0.1) is 0 Å². The van der Waals surface area contributed by atoms with Gasteiger partial charge in [-0.2, -0.15) is 0 Å². The first-order valence-corrected chi connectivity index (χ1v) is 8.38. The van der Waals surface area contributed by atoms with Gasteiger partial charge in [-0.25, -0.2) is 0 Å². The number of hydrogen-bond acceptors (Lipinski definition) is 5. The molecular formula is C20H25NO5. The number of carbonyl (C=O) groups is 1. The molecule has 140 valence electrons. The molecule has 0 bridgehead atoms. The van der Waals surface area contributed by atoms with Gasteiger partial charge in [-0.05, 0) is 30.7 Å². The van der Waals surface area contributed by atoms with Crippen LogP contribution in [0.25, 0.3) is 0 Å². The zero-order chi connectivity index (χ0) is 18.9. The highest BCUT2D eigenvalue weighted by atomic mass is 16.5. The number of amides is 1. The van der Waals surface area contributed by atoms with E-state index >= 15 is 0 Å². The third kappa shape index (κ3) is 5.05. The Morgan fingerprint density at radius 1 is 0.923 bits per heavy atom. The molecule has 0 fully saturated rings. The molecule has 0 atom stereocenters. The molecule has 2 aromatic carbocycles. The van der Waals surface area contributed by atoms with Crippen molar-refractivity contribution in [1.29, 1.82) is 0 Å². The molecule has 2 aromatic rings. The highest BCUT2D eigenvalue weighted by Gasteiger charge is 2.11. The van der Waals surface area contributed by atoms with Gasteiger partial charge >= 0.3 is 0 Å². The quantitative estimate of drug-likeness (QED) is 0.746. The number of nitrogens with one attached hydrogen (secondary N) is 1. The molecule has 0 saturated heterocycles. The van der Waals surface area contributed by atoms with Gasteiger partial charge in [0.15, 0.2) is 11.5 Å². The maximum absolute atomic E-state index is 12.3. The maximum Gasteiger partial charge on any atom is 0.224 e. The number of rotatable bonds is 9. The normalized spacial score (nSPS) is 10.2. The summed E-state index contributed by atoms with van der Waals surface area (Å²) in [6.07, 6.45) is 0.224. The zero-order valence-corrected chi connectivity index (χ0v) is 15.6. The maximum atomic E-state index is 12.3. The van der Waals surface area contributed by atoms with Crippen LogP contribution in [0.1, 0.15) is 18.1 Å². The summed E-state index contributed by atoms with van der Waals surface area (Å²) in [6, 6.07) is 11.0. The lowest BCUT2D eigenvalue weighted by Gasteiger charge is -2.12. The number of ether oxygens (including phenoxy) is 4.